The van der Waals surface area contributed by atoms with Gasteiger partial charge in [-0.05, 0) is 66.4 Å². The third kappa shape index (κ3) is 8.08. The molecule has 0 radical (unpaired) electrons. The fraction of sp³-hybridized carbons (Fsp3) is 0.0645. The Balaban J connectivity index is 1.59. The number of azo groups is 1. The van der Waals surface area contributed by atoms with Crippen LogP contribution in [0, 0.1) is 0 Å². The average Bonchev–Trinajstić information content (AvgIpc) is 3.09. The summed E-state index contributed by atoms with van der Waals surface area (Å²) in [4.78, 5) is 10.3. The van der Waals surface area contributed by atoms with Crippen LogP contribution >= 0.6 is 11.6 Å². The molecule has 6 rings (SSSR count). The van der Waals surface area contributed by atoms with E-state index in [-0.39, 0.29) is 22.6 Å². The highest BCUT2D eigenvalue weighted by Crippen LogP contribution is 2.46. The Morgan fingerprint density at radius 1 is 0.714 bits per heavy atom. The SMILES string of the molecule is CCN(c1ccccc1)c1nc(Cl)nc(Nc2cc(S(=O)(=O)O)cc3cc(S(=O)(=O)O)c(/N=N/c4ccc5c(S(=O)(=O)O)cccc5c4S(=O)(=O)O)c(O)c23)n1. The lowest BCUT2D eigenvalue weighted by Gasteiger charge is -2.21. The van der Waals surface area contributed by atoms with Gasteiger partial charge in [0.1, 0.15) is 26.1 Å². The number of nitrogens with one attached hydrogen (secondary N) is 1. The van der Waals surface area contributed by atoms with Crippen LogP contribution in [0.3, 0.4) is 0 Å². The maximum absolute atomic E-state index is 12.6. The van der Waals surface area contributed by atoms with Gasteiger partial charge in [0, 0.05) is 28.4 Å². The highest BCUT2D eigenvalue weighted by atomic mass is 35.5. The van der Waals surface area contributed by atoms with Gasteiger partial charge < -0.3 is 15.3 Å². The van der Waals surface area contributed by atoms with Gasteiger partial charge in [0.15, 0.2) is 5.75 Å². The van der Waals surface area contributed by atoms with E-state index in [0.29, 0.717) is 18.3 Å². The van der Waals surface area contributed by atoms with Crippen molar-refractivity contribution < 1.29 is 57.0 Å². The van der Waals surface area contributed by atoms with E-state index in [9.17, 15) is 57.0 Å². The van der Waals surface area contributed by atoms with Crippen molar-refractivity contribution in [3.05, 3.63) is 84.1 Å². The number of fused-ring (bicyclic) bond motifs is 2. The van der Waals surface area contributed by atoms with Crippen LogP contribution in [0.2, 0.25) is 5.28 Å². The number of para-hydroxylation sites is 1. The molecule has 0 bridgehead atoms. The summed E-state index contributed by atoms with van der Waals surface area (Å²) in [6.45, 7) is 2.12. The van der Waals surface area contributed by atoms with Gasteiger partial charge in [0.2, 0.25) is 17.2 Å². The van der Waals surface area contributed by atoms with Gasteiger partial charge in [-0.25, -0.2) is 0 Å². The van der Waals surface area contributed by atoms with Gasteiger partial charge in [-0.15, -0.1) is 10.2 Å². The van der Waals surface area contributed by atoms with Crippen LogP contribution in [0.5, 0.6) is 5.75 Å². The number of halogens is 1. The number of benzene rings is 5. The minimum Gasteiger partial charge on any atom is -0.505 e. The van der Waals surface area contributed by atoms with Crippen LogP contribution in [-0.2, 0) is 40.5 Å². The van der Waals surface area contributed by atoms with Crippen molar-refractivity contribution in [1.29, 1.82) is 0 Å². The van der Waals surface area contributed by atoms with Crippen LogP contribution in [0.25, 0.3) is 21.5 Å². The van der Waals surface area contributed by atoms with E-state index in [2.05, 4.69) is 30.5 Å². The van der Waals surface area contributed by atoms with Crippen molar-refractivity contribution in [3.8, 4) is 5.75 Å². The highest BCUT2D eigenvalue weighted by molar-refractivity contribution is 7.87. The second kappa shape index (κ2) is 14.6. The first-order chi connectivity index (χ1) is 26.1. The first-order valence-corrected chi connectivity index (χ1v) is 21.4. The van der Waals surface area contributed by atoms with E-state index in [0.717, 1.165) is 42.5 Å². The van der Waals surface area contributed by atoms with Crippen molar-refractivity contribution in [3.63, 3.8) is 0 Å². The van der Waals surface area contributed by atoms with Gasteiger partial charge >= 0.3 is 0 Å². The van der Waals surface area contributed by atoms with Gasteiger partial charge in [0.05, 0.1) is 10.6 Å². The zero-order valence-corrected chi connectivity index (χ0v) is 31.9. The summed E-state index contributed by atoms with van der Waals surface area (Å²) >= 11 is 6.23. The number of aromatic hydroxyl groups is 1. The summed E-state index contributed by atoms with van der Waals surface area (Å²) in [6, 6.07) is 15.9. The topological polar surface area (TPSA) is 316 Å². The van der Waals surface area contributed by atoms with E-state index >= 15 is 0 Å². The number of anilines is 4. The largest absolute Gasteiger partial charge is 0.505 e. The standard InChI is InChI=1S/C31H24ClN7O13S4/c1-2-39(17-7-4-3-5-8-17)31-35-29(32)34-30(36-31)33-22-15-18(53(41,42)43)13-16-14-24(55(47,48)49)26(27(40)25(16)22)38-37-21-12-11-19-20(28(21)56(50,51)52)9-6-10-23(19)54(44,45)46/h3-15,40H,2H2,1H3,(H,41,42,43)(H,44,45,46)(H,47,48,49)(H,50,51,52)(H,33,34,35,36)/b38-37+. The van der Waals surface area contributed by atoms with Crippen molar-refractivity contribution >= 4 is 108 Å². The summed E-state index contributed by atoms with van der Waals surface area (Å²) < 4.78 is 139. The maximum atomic E-state index is 12.6. The number of phenolic OH excluding ortho intramolecular Hbond substituents is 1. The molecule has 20 nitrogen and oxygen atoms in total. The molecule has 0 amide bonds. The lowest BCUT2D eigenvalue weighted by molar-refractivity contribution is 0.472. The Morgan fingerprint density at radius 2 is 1.39 bits per heavy atom. The van der Waals surface area contributed by atoms with Crippen LogP contribution in [-0.4, -0.2) is 78.5 Å². The highest BCUT2D eigenvalue weighted by Gasteiger charge is 2.28. The van der Waals surface area contributed by atoms with Crippen molar-refractivity contribution in [2.45, 2.75) is 26.5 Å². The van der Waals surface area contributed by atoms with E-state index in [1.54, 1.807) is 42.2 Å². The average molecular weight is 866 g/mol. The molecule has 56 heavy (non-hydrogen) atoms. The van der Waals surface area contributed by atoms with Crippen LogP contribution in [0.4, 0.5) is 34.6 Å². The molecule has 1 heterocycles. The molecule has 1 aromatic heterocycles. The zero-order chi connectivity index (χ0) is 41.0. The van der Waals surface area contributed by atoms with Gasteiger partial charge in [0.25, 0.3) is 40.5 Å². The lowest BCUT2D eigenvalue weighted by Crippen LogP contribution is -2.19. The molecule has 0 unspecified atom stereocenters. The summed E-state index contributed by atoms with van der Waals surface area (Å²) in [7, 11) is -20.6. The molecule has 6 N–H and O–H groups in total. The van der Waals surface area contributed by atoms with Gasteiger partial charge in [-0.3, -0.25) is 18.2 Å². The maximum Gasteiger partial charge on any atom is 0.297 e. The van der Waals surface area contributed by atoms with Crippen LogP contribution in [0.15, 0.2) is 109 Å². The molecule has 0 fully saturated rings. The number of hydrogen-bond donors (Lipinski definition) is 6. The van der Waals surface area contributed by atoms with Crippen molar-refractivity contribution in [1.82, 2.24) is 15.0 Å². The zero-order valence-electron chi connectivity index (χ0n) is 27.9. The number of nitrogens with zero attached hydrogens (tertiary/aromatic N) is 6. The van der Waals surface area contributed by atoms with Gasteiger partial charge in [-0.1, -0.05) is 36.4 Å². The Kier molecular flexibility index (Phi) is 10.5. The summed E-state index contributed by atoms with van der Waals surface area (Å²) in [6.07, 6.45) is 0. The second-order valence-corrected chi connectivity index (χ2v) is 17.3. The molecule has 0 aliphatic rings. The number of phenols is 1. The molecule has 0 saturated heterocycles. The molecular formula is C31H24ClN7O13S4. The van der Waals surface area contributed by atoms with Crippen molar-refractivity contribution in [2.24, 2.45) is 10.2 Å². The smallest absolute Gasteiger partial charge is 0.297 e. The third-order valence-corrected chi connectivity index (χ3v) is 11.6. The quantitative estimate of drug-likeness (QED) is 0.0658. The normalized spacial score (nSPS) is 12.8. The lowest BCUT2D eigenvalue weighted by atomic mass is 10.1. The molecule has 0 aliphatic carbocycles. The summed E-state index contributed by atoms with van der Waals surface area (Å²) in [5.41, 5.74) is -1.55. The Hall–Kier alpha value is -5.44. The first kappa shape index (κ1) is 40.2. The third-order valence-electron chi connectivity index (χ3n) is 7.91. The molecule has 0 spiro atoms. The number of aromatic nitrogens is 3. The summed E-state index contributed by atoms with van der Waals surface area (Å²) in [5.74, 6) is -1.45. The Labute approximate surface area is 322 Å². The molecular weight excluding hydrogens is 842 g/mol. The van der Waals surface area contributed by atoms with E-state index in [4.69, 9.17) is 11.6 Å². The Bertz CT molecular complexity index is 3080. The van der Waals surface area contributed by atoms with Crippen LogP contribution < -0.4 is 10.2 Å². The predicted molar refractivity (Wildman–Crippen MR) is 200 cm³/mol. The summed E-state index contributed by atoms with van der Waals surface area (Å²) in [5, 5.41) is 19.6. The Morgan fingerprint density at radius 3 is 2.00 bits per heavy atom. The number of rotatable bonds is 11. The van der Waals surface area contributed by atoms with Gasteiger partial charge in [-0.2, -0.15) is 48.6 Å². The molecule has 6 aromatic rings. The molecule has 5 aromatic carbocycles. The van der Waals surface area contributed by atoms with Crippen LogP contribution in [0.1, 0.15) is 6.92 Å². The minimum absolute atomic E-state index is 0.0116. The van der Waals surface area contributed by atoms with E-state index in [1.807, 2.05) is 0 Å². The van der Waals surface area contributed by atoms with E-state index < -0.39 is 99.0 Å². The minimum atomic E-state index is -5.38. The van der Waals surface area contributed by atoms with E-state index in [1.165, 1.54) is 0 Å². The fourth-order valence-corrected chi connectivity index (χ4v) is 8.54. The molecule has 292 valence electrons. The number of hydrogen-bond acceptors (Lipinski definition) is 16. The molecule has 0 saturated carbocycles. The fourth-order valence-electron chi connectivity index (χ4n) is 5.65. The second-order valence-electron chi connectivity index (χ2n) is 11.4. The monoisotopic (exact) mass is 865 g/mol. The molecule has 25 heteroatoms. The van der Waals surface area contributed by atoms with Crippen molar-refractivity contribution in [2.75, 3.05) is 16.8 Å². The molecule has 0 aliphatic heterocycles. The predicted octanol–water partition coefficient (Wildman–Crippen LogP) is 5.84. The first-order valence-electron chi connectivity index (χ1n) is 15.3. The molecule has 0 atom stereocenters.